The Kier molecular flexibility index (Phi) is 3.73. The molecule has 1 N–H and O–H groups in total. The molecule has 18 heavy (non-hydrogen) atoms. The van der Waals surface area contributed by atoms with Crippen LogP contribution in [0.3, 0.4) is 0 Å². The van der Waals surface area contributed by atoms with Crippen molar-refractivity contribution in [1.29, 1.82) is 0 Å². The highest BCUT2D eigenvalue weighted by Crippen LogP contribution is 2.39. The molecule has 1 aliphatic carbocycles. The van der Waals surface area contributed by atoms with Crippen LogP contribution < -0.4 is 5.32 Å². The zero-order chi connectivity index (χ0) is 12.5. The largest absolute Gasteiger partial charge is 0.376 e. The minimum atomic E-state index is 0.385. The fraction of sp³-hybridized carbons (Fsp3) is 0.600. The first kappa shape index (κ1) is 12.6. The molecule has 98 valence electrons. The van der Waals surface area contributed by atoms with Gasteiger partial charge in [0.2, 0.25) is 0 Å². The second-order valence-electron chi connectivity index (χ2n) is 5.51. The summed E-state index contributed by atoms with van der Waals surface area (Å²) in [5.74, 6) is 0.819. The van der Waals surface area contributed by atoms with Crippen molar-refractivity contribution in [3.63, 3.8) is 0 Å². The third-order valence-electron chi connectivity index (χ3n) is 4.04. The molecule has 0 spiro atoms. The zero-order valence-corrected chi connectivity index (χ0v) is 12.3. The van der Waals surface area contributed by atoms with Gasteiger partial charge in [-0.1, -0.05) is 28.1 Å². The van der Waals surface area contributed by atoms with E-state index in [4.69, 9.17) is 4.74 Å². The van der Waals surface area contributed by atoms with Crippen LogP contribution in [0.1, 0.15) is 37.8 Å². The topological polar surface area (TPSA) is 21.3 Å². The first-order valence-electron chi connectivity index (χ1n) is 6.87. The van der Waals surface area contributed by atoms with Crippen LogP contribution in [0.25, 0.3) is 0 Å². The van der Waals surface area contributed by atoms with E-state index < -0.39 is 0 Å². The van der Waals surface area contributed by atoms with E-state index in [1.807, 2.05) is 0 Å². The maximum Gasteiger partial charge on any atom is 0.0757 e. The maximum absolute atomic E-state index is 5.88. The van der Waals surface area contributed by atoms with Crippen molar-refractivity contribution in [3.05, 3.63) is 34.3 Å². The summed E-state index contributed by atoms with van der Waals surface area (Å²) in [5, 5.41) is 3.75. The van der Waals surface area contributed by atoms with E-state index in [2.05, 4.69) is 52.4 Å². The summed E-state index contributed by atoms with van der Waals surface area (Å²) in [7, 11) is 0. The van der Waals surface area contributed by atoms with E-state index in [0.717, 1.165) is 23.4 Å². The summed E-state index contributed by atoms with van der Waals surface area (Å²) in [6, 6.07) is 9.47. The van der Waals surface area contributed by atoms with Gasteiger partial charge in [0.25, 0.3) is 0 Å². The van der Waals surface area contributed by atoms with E-state index in [1.54, 1.807) is 0 Å². The zero-order valence-electron chi connectivity index (χ0n) is 10.7. The van der Waals surface area contributed by atoms with Crippen molar-refractivity contribution in [2.45, 2.75) is 44.4 Å². The van der Waals surface area contributed by atoms with Crippen LogP contribution in [-0.4, -0.2) is 18.8 Å². The Hall–Kier alpha value is -0.380. The second-order valence-corrected chi connectivity index (χ2v) is 6.43. The summed E-state index contributed by atoms with van der Waals surface area (Å²) >= 11 is 3.54. The predicted molar refractivity (Wildman–Crippen MR) is 76.6 cm³/mol. The van der Waals surface area contributed by atoms with Gasteiger partial charge in [-0.3, -0.25) is 0 Å². The van der Waals surface area contributed by atoms with Gasteiger partial charge < -0.3 is 10.1 Å². The Morgan fingerprint density at radius 1 is 1.33 bits per heavy atom. The average molecular weight is 310 g/mol. The highest BCUT2D eigenvalue weighted by molar-refractivity contribution is 9.10. The van der Waals surface area contributed by atoms with Gasteiger partial charge in [-0.05, 0) is 49.8 Å². The van der Waals surface area contributed by atoms with Gasteiger partial charge >= 0.3 is 0 Å². The molecule has 1 saturated heterocycles. The van der Waals surface area contributed by atoms with Crippen LogP contribution in [0.5, 0.6) is 0 Å². The number of benzene rings is 1. The molecule has 0 radical (unpaired) electrons. The molecule has 1 aromatic rings. The Balaban J connectivity index is 1.64. The standard InChI is InChI=1S/C15H20BrNO/c1-10(12-3-2-4-13(16)9-12)17-14-7-8-18-15(14)11-5-6-11/h2-4,9-11,14-15,17H,5-8H2,1H3. The molecule has 0 aromatic heterocycles. The van der Waals surface area contributed by atoms with Crippen molar-refractivity contribution in [1.82, 2.24) is 5.32 Å². The smallest absolute Gasteiger partial charge is 0.0757 e. The molecule has 3 atom stereocenters. The Bertz CT molecular complexity index is 419. The van der Waals surface area contributed by atoms with Gasteiger partial charge in [0.1, 0.15) is 0 Å². The fourth-order valence-electron chi connectivity index (χ4n) is 2.87. The van der Waals surface area contributed by atoms with Gasteiger partial charge in [-0.25, -0.2) is 0 Å². The number of hydrogen-bond acceptors (Lipinski definition) is 2. The summed E-state index contributed by atoms with van der Waals surface area (Å²) < 4.78 is 7.03. The van der Waals surface area contributed by atoms with Crippen molar-refractivity contribution >= 4 is 15.9 Å². The summed E-state index contributed by atoms with van der Waals surface area (Å²) in [6.07, 6.45) is 4.32. The Morgan fingerprint density at radius 2 is 2.17 bits per heavy atom. The summed E-state index contributed by atoms with van der Waals surface area (Å²) in [6.45, 7) is 3.16. The second kappa shape index (κ2) is 5.32. The molecule has 3 rings (SSSR count). The molecule has 1 aliphatic heterocycles. The summed E-state index contributed by atoms with van der Waals surface area (Å²) in [5.41, 5.74) is 1.34. The third-order valence-corrected chi connectivity index (χ3v) is 4.53. The minimum absolute atomic E-state index is 0.385. The normalized spacial score (nSPS) is 29.4. The lowest BCUT2D eigenvalue weighted by atomic mass is 10.0. The lowest BCUT2D eigenvalue weighted by Crippen LogP contribution is -2.39. The van der Waals surface area contributed by atoms with Crippen molar-refractivity contribution in [3.8, 4) is 0 Å². The Labute approximate surface area is 117 Å². The SMILES string of the molecule is CC(NC1CCOC1C1CC1)c1cccc(Br)c1. The van der Waals surface area contributed by atoms with Crippen LogP contribution in [0.4, 0.5) is 0 Å². The van der Waals surface area contributed by atoms with E-state index in [0.29, 0.717) is 18.2 Å². The Morgan fingerprint density at radius 3 is 2.89 bits per heavy atom. The molecule has 0 amide bonds. The van der Waals surface area contributed by atoms with Crippen LogP contribution >= 0.6 is 15.9 Å². The van der Waals surface area contributed by atoms with E-state index in [1.165, 1.54) is 18.4 Å². The molecule has 2 fully saturated rings. The van der Waals surface area contributed by atoms with E-state index in [9.17, 15) is 0 Å². The fourth-order valence-corrected chi connectivity index (χ4v) is 3.29. The lowest BCUT2D eigenvalue weighted by molar-refractivity contribution is 0.0793. The molecule has 1 saturated carbocycles. The van der Waals surface area contributed by atoms with Crippen LogP contribution in [0.15, 0.2) is 28.7 Å². The van der Waals surface area contributed by atoms with Crippen molar-refractivity contribution in [2.24, 2.45) is 5.92 Å². The number of rotatable bonds is 4. The highest BCUT2D eigenvalue weighted by Gasteiger charge is 2.40. The van der Waals surface area contributed by atoms with Crippen molar-refractivity contribution in [2.75, 3.05) is 6.61 Å². The quantitative estimate of drug-likeness (QED) is 0.916. The van der Waals surface area contributed by atoms with Gasteiger partial charge in [-0.15, -0.1) is 0 Å². The lowest BCUT2D eigenvalue weighted by Gasteiger charge is -2.24. The number of hydrogen-bond donors (Lipinski definition) is 1. The predicted octanol–water partition coefficient (Wildman–Crippen LogP) is 3.67. The first-order chi connectivity index (χ1) is 8.74. The van der Waals surface area contributed by atoms with E-state index in [-0.39, 0.29) is 0 Å². The number of ether oxygens (including phenoxy) is 1. The van der Waals surface area contributed by atoms with Crippen LogP contribution in [-0.2, 0) is 4.74 Å². The molecule has 3 heteroatoms. The first-order valence-corrected chi connectivity index (χ1v) is 7.66. The third kappa shape index (κ3) is 2.79. The molecule has 2 nitrogen and oxygen atoms in total. The maximum atomic E-state index is 5.88. The van der Waals surface area contributed by atoms with Gasteiger partial charge in [0.15, 0.2) is 0 Å². The molecule has 2 aliphatic rings. The van der Waals surface area contributed by atoms with Crippen molar-refractivity contribution < 1.29 is 4.74 Å². The van der Waals surface area contributed by atoms with E-state index >= 15 is 0 Å². The van der Waals surface area contributed by atoms with Gasteiger partial charge in [-0.2, -0.15) is 0 Å². The average Bonchev–Trinajstić information content (AvgIpc) is 3.10. The molecule has 1 aromatic carbocycles. The molecule has 3 unspecified atom stereocenters. The van der Waals surface area contributed by atoms with Crippen LogP contribution in [0.2, 0.25) is 0 Å². The number of halogens is 1. The molecule has 1 heterocycles. The van der Waals surface area contributed by atoms with Gasteiger partial charge in [0.05, 0.1) is 6.10 Å². The highest BCUT2D eigenvalue weighted by atomic mass is 79.9. The minimum Gasteiger partial charge on any atom is -0.376 e. The molecular weight excluding hydrogens is 290 g/mol. The summed E-state index contributed by atoms with van der Waals surface area (Å²) in [4.78, 5) is 0. The van der Waals surface area contributed by atoms with Crippen LogP contribution in [0, 0.1) is 5.92 Å². The van der Waals surface area contributed by atoms with Gasteiger partial charge in [0, 0.05) is 23.2 Å². The monoisotopic (exact) mass is 309 g/mol. The number of nitrogens with one attached hydrogen (secondary N) is 1. The molecule has 0 bridgehead atoms. The molecular formula is C15H20BrNO.